The summed E-state index contributed by atoms with van der Waals surface area (Å²) in [5, 5.41) is -0.224. The molecule has 0 aliphatic rings. The molecular weight excluding hydrogens is 400 g/mol. The second kappa shape index (κ2) is 13.2. The van der Waals surface area contributed by atoms with Gasteiger partial charge in [-0.3, -0.25) is 0 Å². The quantitative estimate of drug-likeness (QED) is 0.221. The Hall–Kier alpha value is -2.14. The molecule has 1 aromatic heterocycles. The highest BCUT2D eigenvalue weighted by Gasteiger charge is 2.17. The largest absolute Gasteiger partial charge is 0.479 e. The molecule has 1 aromatic carbocycles. The van der Waals surface area contributed by atoms with Crippen LogP contribution in [0.3, 0.4) is 0 Å². The maximum atomic E-state index is 11.9. The highest BCUT2D eigenvalue weighted by molar-refractivity contribution is 6.20. The van der Waals surface area contributed by atoms with Crippen LogP contribution in [0.25, 0.3) is 11.4 Å². The molecule has 2 aromatic rings. The molecule has 0 aliphatic carbocycles. The lowest BCUT2D eigenvalue weighted by Crippen LogP contribution is -2.27. The lowest BCUT2D eigenvalue weighted by atomic mass is 10.1. The van der Waals surface area contributed by atoms with Gasteiger partial charge in [0.05, 0.1) is 5.38 Å². The maximum Gasteiger partial charge on any atom is 0.347 e. The Kier molecular flexibility index (Phi) is 10.6. The topological polar surface area (TPSA) is 61.3 Å². The Morgan fingerprint density at radius 2 is 1.63 bits per heavy atom. The van der Waals surface area contributed by atoms with Crippen molar-refractivity contribution < 1.29 is 14.3 Å². The van der Waals surface area contributed by atoms with Crippen molar-refractivity contribution in [3.05, 3.63) is 42.2 Å². The monoisotopic (exact) mass is 432 g/mol. The first kappa shape index (κ1) is 24.1. The van der Waals surface area contributed by atoms with Crippen LogP contribution in [0.2, 0.25) is 0 Å². The van der Waals surface area contributed by atoms with Gasteiger partial charge in [0.15, 0.2) is 11.9 Å². The summed E-state index contributed by atoms with van der Waals surface area (Å²) >= 11 is 5.79. The molecule has 0 N–H and O–H groups in total. The van der Waals surface area contributed by atoms with E-state index in [9.17, 15) is 4.79 Å². The molecule has 0 fully saturated rings. The molecule has 0 aliphatic heterocycles. The molecule has 5 nitrogen and oxygen atoms in total. The Balaban J connectivity index is 1.82. The summed E-state index contributed by atoms with van der Waals surface area (Å²) in [6.45, 7) is 5.82. The summed E-state index contributed by atoms with van der Waals surface area (Å²) in [5.41, 5.74) is 2.08. The van der Waals surface area contributed by atoms with E-state index in [1.165, 1.54) is 44.1 Å². The summed E-state index contributed by atoms with van der Waals surface area (Å²) in [7, 11) is 0. The highest BCUT2D eigenvalue weighted by Crippen LogP contribution is 2.20. The molecule has 6 heteroatoms. The van der Waals surface area contributed by atoms with Crippen LogP contribution in [0.15, 0.2) is 36.7 Å². The minimum atomic E-state index is -0.705. The van der Waals surface area contributed by atoms with Crippen LogP contribution in [0.4, 0.5) is 0 Å². The first-order chi connectivity index (χ1) is 14.5. The van der Waals surface area contributed by atoms with Crippen LogP contribution in [0.5, 0.6) is 5.75 Å². The molecule has 2 rings (SSSR count). The number of halogens is 1. The highest BCUT2D eigenvalue weighted by atomic mass is 35.5. The third-order valence-corrected chi connectivity index (χ3v) is 4.86. The summed E-state index contributed by atoms with van der Waals surface area (Å²) in [4.78, 5) is 20.9. The van der Waals surface area contributed by atoms with Gasteiger partial charge in [0.1, 0.15) is 12.4 Å². The average molecular weight is 433 g/mol. The number of hydrogen-bond donors (Lipinski definition) is 0. The molecule has 164 valence electrons. The first-order valence-electron chi connectivity index (χ1n) is 10.9. The zero-order valence-corrected chi connectivity index (χ0v) is 19.0. The Labute approximate surface area is 185 Å². The van der Waals surface area contributed by atoms with Crippen molar-refractivity contribution in [1.82, 2.24) is 9.97 Å². The van der Waals surface area contributed by atoms with Gasteiger partial charge in [-0.15, -0.1) is 11.6 Å². The van der Waals surface area contributed by atoms with Gasteiger partial charge in [0, 0.05) is 18.0 Å². The van der Waals surface area contributed by atoms with Crippen LogP contribution in [-0.2, 0) is 16.0 Å². The van der Waals surface area contributed by atoms with Crippen LogP contribution >= 0.6 is 11.6 Å². The molecule has 0 bridgehead atoms. The lowest BCUT2D eigenvalue weighted by molar-refractivity contribution is -0.151. The third-order valence-electron chi connectivity index (χ3n) is 4.74. The molecule has 0 saturated heterocycles. The molecule has 0 amide bonds. The van der Waals surface area contributed by atoms with Crippen molar-refractivity contribution in [2.24, 2.45) is 0 Å². The number of alkyl halides is 1. The average Bonchev–Trinajstić information content (AvgIpc) is 2.75. The van der Waals surface area contributed by atoms with Crippen LogP contribution in [-0.4, -0.2) is 34.0 Å². The van der Waals surface area contributed by atoms with Gasteiger partial charge in [0.25, 0.3) is 0 Å². The van der Waals surface area contributed by atoms with Crippen molar-refractivity contribution >= 4 is 17.6 Å². The fraction of sp³-hybridized carbons (Fsp3) is 0.542. The van der Waals surface area contributed by atoms with E-state index in [4.69, 9.17) is 21.1 Å². The minimum absolute atomic E-state index is 0.166. The predicted octanol–water partition coefficient (Wildman–Crippen LogP) is 5.98. The predicted molar refractivity (Wildman–Crippen MR) is 121 cm³/mol. The SMILES string of the molecule is CCCCCCCCc1cnc(-c2ccc(O[C@@H](C)C(=O)OC[C@@H](C)Cl)cc2)nc1. The molecule has 0 saturated carbocycles. The standard InChI is InChI=1S/C24H33ClN2O3/c1-4-5-6-7-8-9-10-20-15-26-23(27-16-20)21-11-13-22(14-12-21)30-19(3)24(28)29-17-18(2)25/h11-16,18-19H,4-10,17H2,1-3H3/t18-,19+/m1/s1. The van der Waals surface area contributed by atoms with Gasteiger partial charge in [-0.1, -0.05) is 39.0 Å². The maximum absolute atomic E-state index is 11.9. The summed E-state index contributed by atoms with van der Waals surface area (Å²) in [6, 6.07) is 7.38. The number of hydrogen-bond acceptors (Lipinski definition) is 5. The smallest absolute Gasteiger partial charge is 0.347 e. The second-order valence-corrected chi connectivity index (χ2v) is 8.37. The number of ether oxygens (including phenoxy) is 2. The van der Waals surface area contributed by atoms with Gasteiger partial charge in [0.2, 0.25) is 0 Å². The Morgan fingerprint density at radius 1 is 1.00 bits per heavy atom. The van der Waals surface area contributed by atoms with E-state index < -0.39 is 12.1 Å². The fourth-order valence-electron chi connectivity index (χ4n) is 2.99. The number of aromatic nitrogens is 2. The second-order valence-electron chi connectivity index (χ2n) is 7.63. The minimum Gasteiger partial charge on any atom is -0.479 e. The van der Waals surface area contributed by atoms with Crippen molar-refractivity contribution in [2.75, 3.05) is 6.61 Å². The van der Waals surface area contributed by atoms with Gasteiger partial charge in [-0.05, 0) is 56.5 Å². The number of unbranched alkanes of at least 4 members (excludes halogenated alkanes) is 5. The first-order valence-corrected chi connectivity index (χ1v) is 11.3. The third kappa shape index (κ3) is 8.70. The normalized spacial score (nSPS) is 12.9. The van der Waals surface area contributed by atoms with Crippen LogP contribution < -0.4 is 4.74 Å². The zero-order valence-electron chi connectivity index (χ0n) is 18.3. The number of carbonyl (C=O) groups excluding carboxylic acids is 1. The van der Waals surface area contributed by atoms with E-state index in [0.717, 1.165) is 12.0 Å². The summed E-state index contributed by atoms with van der Waals surface area (Å²) < 4.78 is 10.7. The molecule has 1 heterocycles. The van der Waals surface area contributed by atoms with Gasteiger partial charge in [-0.2, -0.15) is 0 Å². The van der Waals surface area contributed by atoms with E-state index in [0.29, 0.717) is 11.6 Å². The molecule has 0 spiro atoms. The van der Waals surface area contributed by atoms with E-state index in [-0.39, 0.29) is 12.0 Å². The van der Waals surface area contributed by atoms with Crippen molar-refractivity contribution in [3.8, 4) is 17.1 Å². The Morgan fingerprint density at radius 3 is 2.27 bits per heavy atom. The number of nitrogens with zero attached hydrogens (tertiary/aromatic N) is 2. The summed E-state index contributed by atoms with van der Waals surface area (Å²) in [6.07, 6.45) is 11.8. The number of rotatable bonds is 13. The fourth-order valence-corrected chi connectivity index (χ4v) is 3.05. The van der Waals surface area contributed by atoms with Gasteiger partial charge < -0.3 is 9.47 Å². The van der Waals surface area contributed by atoms with Crippen molar-refractivity contribution in [3.63, 3.8) is 0 Å². The summed E-state index contributed by atoms with van der Waals surface area (Å²) in [5.74, 6) is 0.828. The van der Waals surface area contributed by atoms with Gasteiger partial charge in [-0.25, -0.2) is 14.8 Å². The zero-order chi connectivity index (χ0) is 21.8. The van der Waals surface area contributed by atoms with E-state index in [1.54, 1.807) is 26.0 Å². The Bertz CT molecular complexity index is 748. The van der Waals surface area contributed by atoms with E-state index in [2.05, 4.69) is 16.9 Å². The van der Waals surface area contributed by atoms with E-state index >= 15 is 0 Å². The number of aryl methyl sites for hydroxylation is 1. The molecule has 0 radical (unpaired) electrons. The van der Waals surface area contributed by atoms with Crippen molar-refractivity contribution in [2.45, 2.75) is 77.2 Å². The lowest BCUT2D eigenvalue weighted by Gasteiger charge is -2.14. The number of esters is 1. The van der Waals surface area contributed by atoms with Crippen LogP contribution in [0, 0.1) is 0 Å². The molecular formula is C24H33ClN2O3. The van der Waals surface area contributed by atoms with Crippen molar-refractivity contribution in [1.29, 1.82) is 0 Å². The van der Waals surface area contributed by atoms with Gasteiger partial charge >= 0.3 is 5.97 Å². The molecule has 30 heavy (non-hydrogen) atoms. The molecule has 0 unspecified atom stereocenters. The number of carbonyl (C=O) groups is 1. The molecule has 2 atom stereocenters. The van der Waals surface area contributed by atoms with E-state index in [1.807, 2.05) is 24.5 Å². The van der Waals surface area contributed by atoms with Crippen LogP contribution in [0.1, 0.15) is 64.9 Å². The number of benzene rings is 1.